The van der Waals surface area contributed by atoms with Crippen LogP contribution in [0.2, 0.25) is 0 Å². The summed E-state index contributed by atoms with van der Waals surface area (Å²) in [4.78, 5) is 11.6. The van der Waals surface area contributed by atoms with Crippen LogP contribution in [0, 0.1) is 5.82 Å². The molecule has 0 bridgehead atoms. The fourth-order valence-electron chi connectivity index (χ4n) is 1.41. The van der Waals surface area contributed by atoms with Gasteiger partial charge in [0.25, 0.3) is 0 Å². The van der Waals surface area contributed by atoms with Crippen LogP contribution < -0.4 is 9.62 Å². The van der Waals surface area contributed by atoms with Crippen molar-refractivity contribution in [2.75, 3.05) is 23.7 Å². The molecule has 19 heavy (non-hydrogen) atoms. The summed E-state index contributed by atoms with van der Waals surface area (Å²) in [6, 6.07) is 5.38. The molecule has 0 spiro atoms. The minimum absolute atomic E-state index is 0.154. The van der Waals surface area contributed by atoms with Gasteiger partial charge in [-0.3, -0.25) is 9.10 Å². The number of sulfonamides is 1. The SMILES string of the molecule is C=CCNC(=O)CN(c1ccccc1F)S(C)(=O)=O. The highest BCUT2D eigenvalue weighted by Gasteiger charge is 2.22. The van der Waals surface area contributed by atoms with Gasteiger partial charge < -0.3 is 5.32 Å². The molecular formula is C12H15FN2O3S. The Morgan fingerprint density at radius 1 is 1.47 bits per heavy atom. The predicted molar refractivity (Wildman–Crippen MR) is 71.8 cm³/mol. The molecule has 0 fully saturated rings. The third kappa shape index (κ3) is 4.36. The fraction of sp³-hybridized carbons (Fsp3) is 0.250. The molecule has 104 valence electrons. The molecule has 1 aromatic rings. The predicted octanol–water partition coefficient (Wildman–Crippen LogP) is 0.894. The lowest BCUT2D eigenvalue weighted by molar-refractivity contribution is -0.119. The highest BCUT2D eigenvalue weighted by Crippen LogP contribution is 2.20. The number of amides is 1. The molecular weight excluding hydrogens is 271 g/mol. The van der Waals surface area contributed by atoms with Gasteiger partial charge in [-0.2, -0.15) is 0 Å². The Bertz CT molecular complexity index is 572. The van der Waals surface area contributed by atoms with Crippen molar-refractivity contribution in [3.63, 3.8) is 0 Å². The number of para-hydroxylation sites is 1. The van der Waals surface area contributed by atoms with Crippen molar-refractivity contribution >= 4 is 21.6 Å². The summed E-state index contributed by atoms with van der Waals surface area (Å²) >= 11 is 0. The maximum atomic E-state index is 13.6. The molecule has 0 aliphatic heterocycles. The first-order valence-corrected chi connectivity index (χ1v) is 7.31. The van der Waals surface area contributed by atoms with Crippen LogP contribution in [-0.4, -0.2) is 33.7 Å². The van der Waals surface area contributed by atoms with Gasteiger partial charge in [0, 0.05) is 6.54 Å². The Morgan fingerprint density at radius 2 is 2.11 bits per heavy atom. The first kappa shape index (κ1) is 15.2. The molecule has 1 amide bonds. The molecule has 0 heterocycles. The Balaban J connectivity index is 3.01. The van der Waals surface area contributed by atoms with E-state index in [-0.39, 0.29) is 12.2 Å². The normalized spacial score (nSPS) is 10.8. The number of carbonyl (C=O) groups excluding carboxylic acids is 1. The van der Waals surface area contributed by atoms with E-state index in [1.54, 1.807) is 0 Å². The Labute approximate surface area is 111 Å². The zero-order valence-electron chi connectivity index (χ0n) is 10.5. The summed E-state index contributed by atoms with van der Waals surface area (Å²) in [6.45, 7) is 3.16. The van der Waals surface area contributed by atoms with E-state index in [0.29, 0.717) is 0 Å². The molecule has 0 saturated heterocycles. The van der Waals surface area contributed by atoms with Crippen LogP contribution >= 0.6 is 0 Å². The number of nitrogens with one attached hydrogen (secondary N) is 1. The number of benzene rings is 1. The lowest BCUT2D eigenvalue weighted by atomic mass is 10.3. The quantitative estimate of drug-likeness (QED) is 0.790. The highest BCUT2D eigenvalue weighted by molar-refractivity contribution is 7.92. The van der Waals surface area contributed by atoms with E-state index in [4.69, 9.17) is 0 Å². The van der Waals surface area contributed by atoms with Gasteiger partial charge in [0.2, 0.25) is 15.9 Å². The van der Waals surface area contributed by atoms with Crippen molar-refractivity contribution < 1.29 is 17.6 Å². The second kappa shape index (κ2) is 6.33. The van der Waals surface area contributed by atoms with Crippen molar-refractivity contribution in [2.24, 2.45) is 0 Å². The summed E-state index contributed by atoms with van der Waals surface area (Å²) < 4.78 is 37.6. The molecule has 0 unspecified atom stereocenters. The van der Waals surface area contributed by atoms with Crippen LogP contribution in [0.25, 0.3) is 0 Å². The van der Waals surface area contributed by atoms with Crippen molar-refractivity contribution in [3.8, 4) is 0 Å². The van der Waals surface area contributed by atoms with Crippen molar-refractivity contribution in [1.82, 2.24) is 5.32 Å². The molecule has 0 aromatic heterocycles. The smallest absolute Gasteiger partial charge is 0.241 e. The van der Waals surface area contributed by atoms with E-state index in [1.165, 1.54) is 24.3 Å². The van der Waals surface area contributed by atoms with E-state index >= 15 is 0 Å². The first-order chi connectivity index (χ1) is 8.86. The van der Waals surface area contributed by atoms with Crippen LogP contribution in [0.1, 0.15) is 0 Å². The second-order valence-electron chi connectivity index (χ2n) is 3.81. The number of rotatable bonds is 6. The van der Waals surface area contributed by atoms with Gasteiger partial charge in [-0.05, 0) is 12.1 Å². The summed E-state index contributed by atoms with van der Waals surface area (Å²) in [6.07, 6.45) is 2.38. The molecule has 0 saturated carbocycles. The molecule has 1 aromatic carbocycles. The molecule has 1 rings (SSSR count). The number of hydrogen-bond donors (Lipinski definition) is 1. The maximum absolute atomic E-state index is 13.6. The van der Waals surface area contributed by atoms with Crippen LogP contribution in [0.15, 0.2) is 36.9 Å². The monoisotopic (exact) mass is 286 g/mol. The largest absolute Gasteiger partial charge is 0.351 e. The fourth-order valence-corrected chi connectivity index (χ4v) is 2.26. The third-order valence-corrected chi connectivity index (χ3v) is 3.38. The van der Waals surface area contributed by atoms with Gasteiger partial charge in [-0.15, -0.1) is 6.58 Å². The minimum Gasteiger partial charge on any atom is -0.351 e. The van der Waals surface area contributed by atoms with Gasteiger partial charge in [0.05, 0.1) is 11.9 Å². The van der Waals surface area contributed by atoms with Crippen LogP contribution in [0.3, 0.4) is 0 Å². The molecule has 1 N–H and O–H groups in total. The number of hydrogen-bond acceptors (Lipinski definition) is 3. The number of carbonyl (C=O) groups is 1. The van der Waals surface area contributed by atoms with Crippen LogP contribution in [0.5, 0.6) is 0 Å². The van der Waals surface area contributed by atoms with Crippen LogP contribution in [-0.2, 0) is 14.8 Å². The molecule has 0 atom stereocenters. The highest BCUT2D eigenvalue weighted by atomic mass is 32.2. The van der Waals surface area contributed by atoms with E-state index < -0.39 is 28.3 Å². The molecule has 5 nitrogen and oxygen atoms in total. The summed E-state index contributed by atoms with van der Waals surface area (Å²) in [7, 11) is -3.75. The van der Waals surface area contributed by atoms with E-state index in [2.05, 4.69) is 11.9 Å². The first-order valence-electron chi connectivity index (χ1n) is 5.46. The average Bonchev–Trinajstić information content (AvgIpc) is 2.33. The Kier molecular flexibility index (Phi) is 5.05. The number of halogens is 1. The van der Waals surface area contributed by atoms with Gasteiger partial charge in [-0.1, -0.05) is 18.2 Å². The summed E-state index contributed by atoms with van der Waals surface area (Å²) in [5.41, 5.74) is -0.154. The maximum Gasteiger partial charge on any atom is 0.241 e. The van der Waals surface area contributed by atoms with E-state index in [0.717, 1.165) is 16.6 Å². The van der Waals surface area contributed by atoms with Gasteiger partial charge >= 0.3 is 0 Å². The van der Waals surface area contributed by atoms with Crippen LogP contribution in [0.4, 0.5) is 10.1 Å². The van der Waals surface area contributed by atoms with Crippen molar-refractivity contribution in [3.05, 3.63) is 42.7 Å². The zero-order chi connectivity index (χ0) is 14.5. The van der Waals surface area contributed by atoms with Crippen molar-refractivity contribution in [2.45, 2.75) is 0 Å². The molecule has 0 radical (unpaired) electrons. The van der Waals surface area contributed by atoms with E-state index in [9.17, 15) is 17.6 Å². The second-order valence-corrected chi connectivity index (χ2v) is 5.72. The Hall–Kier alpha value is -1.89. The molecule has 0 aliphatic rings. The zero-order valence-corrected chi connectivity index (χ0v) is 11.3. The van der Waals surface area contributed by atoms with Gasteiger partial charge in [-0.25, -0.2) is 12.8 Å². The molecule has 0 aliphatic carbocycles. The third-order valence-electron chi connectivity index (χ3n) is 2.25. The lowest BCUT2D eigenvalue weighted by Crippen LogP contribution is -2.40. The topological polar surface area (TPSA) is 66.5 Å². The standard InChI is InChI=1S/C12H15FN2O3S/c1-3-8-14-12(16)9-15(19(2,17)18)11-7-5-4-6-10(11)13/h3-7H,1,8-9H2,2H3,(H,14,16). The number of anilines is 1. The van der Waals surface area contributed by atoms with Gasteiger partial charge in [0.15, 0.2) is 0 Å². The average molecular weight is 286 g/mol. The minimum atomic E-state index is -3.75. The lowest BCUT2D eigenvalue weighted by Gasteiger charge is -2.22. The van der Waals surface area contributed by atoms with Crippen molar-refractivity contribution in [1.29, 1.82) is 0 Å². The molecule has 7 heteroatoms. The number of nitrogens with zero attached hydrogens (tertiary/aromatic N) is 1. The van der Waals surface area contributed by atoms with E-state index in [1.807, 2.05) is 0 Å². The summed E-state index contributed by atoms with van der Waals surface area (Å²) in [5.74, 6) is -1.24. The summed E-state index contributed by atoms with van der Waals surface area (Å²) in [5, 5.41) is 2.44. The Morgan fingerprint density at radius 3 is 2.63 bits per heavy atom. The van der Waals surface area contributed by atoms with Gasteiger partial charge in [0.1, 0.15) is 12.4 Å².